The molecule has 0 atom stereocenters. The summed E-state index contributed by atoms with van der Waals surface area (Å²) >= 11 is 0. The van der Waals surface area contributed by atoms with Crippen LogP contribution in [0.15, 0.2) is 47.2 Å². The largest absolute Gasteiger partial charge is 0.384 e. The van der Waals surface area contributed by atoms with Crippen molar-refractivity contribution in [3.8, 4) is 22.8 Å². The Morgan fingerprint density at radius 1 is 1.15 bits per heavy atom. The lowest BCUT2D eigenvalue weighted by Gasteiger charge is -2.00. The summed E-state index contributed by atoms with van der Waals surface area (Å²) in [6.45, 7) is 0.990. The van der Waals surface area contributed by atoms with Gasteiger partial charge in [0, 0.05) is 35.8 Å². The summed E-state index contributed by atoms with van der Waals surface area (Å²) in [5, 5.41) is 7.36. The summed E-state index contributed by atoms with van der Waals surface area (Å²) in [6, 6.07) is 9.95. The highest BCUT2D eigenvalue weighted by Crippen LogP contribution is 2.29. The third kappa shape index (κ3) is 1.84. The Bertz CT molecular complexity index is 752. The maximum atomic E-state index is 5.35. The van der Waals surface area contributed by atoms with E-state index < -0.39 is 0 Å². The van der Waals surface area contributed by atoms with E-state index in [4.69, 9.17) is 4.52 Å². The predicted molar refractivity (Wildman–Crippen MR) is 75.2 cm³/mol. The first-order chi connectivity index (χ1) is 9.90. The zero-order chi connectivity index (χ0) is 13.4. The van der Waals surface area contributed by atoms with Crippen LogP contribution in [-0.4, -0.2) is 21.7 Å². The van der Waals surface area contributed by atoms with Crippen molar-refractivity contribution in [3.63, 3.8) is 0 Å². The van der Waals surface area contributed by atoms with Gasteiger partial charge in [0.25, 0.3) is 5.89 Å². The molecule has 5 heteroatoms. The Kier molecular flexibility index (Phi) is 2.48. The third-order valence-electron chi connectivity index (χ3n) is 3.41. The summed E-state index contributed by atoms with van der Waals surface area (Å²) in [7, 11) is 0. The molecule has 3 heterocycles. The molecule has 0 amide bonds. The van der Waals surface area contributed by atoms with Crippen molar-refractivity contribution in [2.24, 2.45) is 0 Å². The summed E-state index contributed by atoms with van der Waals surface area (Å²) in [4.78, 5) is 8.49. The number of hydrogen-bond donors (Lipinski definition) is 1. The topological polar surface area (TPSA) is 63.8 Å². The van der Waals surface area contributed by atoms with Gasteiger partial charge < -0.3 is 9.84 Å². The van der Waals surface area contributed by atoms with Crippen molar-refractivity contribution in [3.05, 3.63) is 48.3 Å². The van der Waals surface area contributed by atoms with E-state index in [9.17, 15) is 0 Å². The lowest BCUT2D eigenvalue weighted by atomic mass is 10.1. The van der Waals surface area contributed by atoms with Crippen LogP contribution in [0.3, 0.4) is 0 Å². The maximum Gasteiger partial charge on any atom is 0.258 e. The average molecular weight is 264 g/mol. The first-order valence-electron chi connectivity index (χ1n) is 6.51. The first kappa shape index (κ1) is 11.2. The first-order valence-corrected chi connectivity index (χ1v) is 6.51. The van der Waals surface area contributed by atoms with Gasteiger partial charge in [-0.05, 0) is 36.2 Å². The molecule has 1 aliphatic rings. The number of benzene rings is 1. The van der Waals surface area contributed by atoms with Crippen molar-refractivity contribution in [1.82, 2.24) is 15.1 Å². The molecule has 0 aliphatic carbocycles. The summed E-state index contributed by atoms with van der Waals surface area (Å²) in [5.74, 6) is 1.09. The second-order valence-electron chi connectivity index (χ2n) is 4.71. The van der Waals surface area contributed by atoms with E-state index in [1.54, 1.807) is 12.4 Å². The molecule has 2 aromatic heterocycles. The van der Waals surface area contributed by atoms with E-state index in [-0.39, 0.29) is 0 Å². The third-order valence-corrected chi connectivity index (χ3v) is 3.41. The van der Waals surface area contributed by atoms with Crippen LogP contribution in [-0.2, 0) is 6.42 Å². The van der Waals surface area contributed by atoms with Crippen LogP contribution < -0.4 is 5.32 Å². The molecule has 0 radical (unpaired) electrons. The van der Waals surface area contributed by atoms with Gasteiger partial charge >= 0.3 is 0 Å². The molecule has 0 fully saturated rings. The maximum absolute atomic E-state index is 5.35. The minimum atomic E-state index is 0.528. The van der Waals surface area contributed by atoms with Gasteiger partial charge in [0.2, 0.25) is 5.82 Å². The van der Waals surface area contributed by atoms with Crippen LogP contribution >= 0.6 is 0 Å². The second kappa shape index (κ2) is 4.45. The second-order valence-corrected chi connectivity index (χ2v) is 4.71. The molecule has 20 heavy (non-hydrogen) atoms. The van der Waals surface area contributed by atoms with Crippen LogP contribution in [0.5, 0.6) is 0 Å². The molecule has 1 N–H and O–H groups in total. The average Bonchev–Trinajstić information content (AvgIpc) is 3.16. The Hall–Kier alpha value is -2.69. The standard InChI is InChI=1S/C15H12N4O/c1-2-12(9-16-6-1)14-18-15(20-19-14)11-4-3-10-5-7-17-13(10)8-11/h1-4,6,8-9,17H,5,7H2. The molecule has 98 valence electrons. The van der Waals surface area contributed by atoms with E-state index >= 15 is 0 Å². The number of pyridine rings is 1. The highest BCUT2D eigenvalue weighted by Gasteiger charge is 2.14. The van der Waals surface area contributed by atoms with Crippen LogP contribution in [0.1, 0.15) is 5.56 Å². The smallest absolute Gasteiger partial charge is 0.258 e. The van der Waals surface area contributed by atoms with Crippen LogP contribution in [0.4, 0.5) is 5.69 Å². The van der Waals surface area contributed by atoms with Crippen LogP contribution in [0.25, 0.3) is 22.8 Å². The number of nitrogens with one attached hydrogen (secondary N) is 1. The molecule has 0 spiro atoms. The van der Waals surface area contributed by atoms with Gasteiger partial charge in [0.15, 0.2) is 0 Å². The molecule has 0 saturated heterocycles. The van der Waals surface area contributed by atoms with E-state index in [1.165, 1.54) is 5.56 Å². The molecule has 1 aliphatic heterocycles. The van der Waals surface area contributed by atoms with Gasteiger partial charge in [-0.15, -0.1) is 0 Å². The molecule has 5 nitrogen and oxygen atoms in total. The summed E-state index contributed by atoms with van der Waals surface area (Å²) < 4.78 is 5.35. The molecule has 4 rings (SSSR count). The van der Waals surface area contributed by atoms with Gasteiger partial charge in [0.05, 0.1) is 0 Å². The fraction of sp³-hybridized carbons (Fsp3) is 0.133. The normalized spacial score (nSPS) is 13.0. The van der Waals surface area contributed by atoms with E-state index in [0.717, 1.165) is 29.8 Å². The summed E-state index contributed by atoms with van der Waals surface area (Å²) in [5.41, 5.74) is 4.27. The zero-order valence-electron chi connectivity index (χ0n) is 10.7. The van der Waals surface area contributed by atoms with E-state index in [1.807, 2.05) is 18.2 Å². The highest BCUT2D eigenvalue weighted by atomic mass is 16.5. The molecule has 0 saturated carbocycles. The Morgan fingerprint density at radius 3 is 3.05 bits per heavy atom. The Labute approximate surface area is 115 Å². The van der Waals surface area contributed by atoms with Gasteiger partial charge in [-0.3, -0.25) is 4.98 Å². The number of hydrogen-bond acceptors (Lipinski definition) is 5. The van der Waals surface area contributed by atoms with Gasteiger partial charge in [0.1, 0.15) is 0 Å². The molecule has 0 unspecified atom stereocenters. The highest BCUT2D eigenvalue weighted by molar-refractivity contribution is 5.67. The van der Waals surface area contributed by atoms with Crippen molar-refractivity contribution in [1.29, 1.82) is 0 Å². The number of nitrogens with zero attached hydrogens (tertiary/aromatic N) is 3. The van der Waals surface area contributed by atoms with Crippen LogP contribution in [0.2, 0.25) is 0 Å². The fourth-order valence-electron chi connectivity index (χ4n) is 2.38. The van der Waals surface area contributed by atoms with Crippen molar-refractivity contribution < 1.29 is 4.52 Å². The fourth-order valence-corrected chi connectivity index (χ4v) is 2.38. The van der Waals surface area contributed by atoms with Crippen molar-refractivity contribution >= 4 is 5.69 Å². The molecule has 1 aromatic carbocycles. The monoisotopic (exact) mass is 264 g/mol. The van der Waals surface area contributed by atoms with Crippen molar-refractivity contribution in [2.45, 2.75) is 6.42 Å². The lowest BCUT2D eigenvalue weighted by Crippen LogP contribution is -1.91. The number of anilines is 1. The molecular weight excluding hydrogens is 252 g/mol. The lowest BCUT2D eigenvalue weighted by molar-refractivity contribution is 0.432. The van der Waals surface area contributed by atoms with E-state index in [2.05, 4.69) is 32.6 Å². The van der Waals surface area contributed by atoms with Crippen molar-refractivity contribution in [2.75, 3.05) is 11.9 Å². The summed E-state index contributed by atoms with van der Waals surface area (Å²) in [6.07, 6.45) is 4.51. The van der Waals surface area contributed by atoms with Gasteiger partial charge in [-0.1, -0.05) is 11.2 Å². The quantitative estimate of drug-likeness (QED) is 0.771. The molecular formula is C15H12N4O. The zero-order valence-corrected chi connectivity index (χ0v) is 10.7. The Morgan fingerprint density at radius 2 is 2.15 bits per heavy atom. The van der Waals surface area contributed by atoms with Crippen LogP contribution in [0, 0.1) is 0 Å². The molecule has 0 bridgehead atoms. The number of rotatable bonds is 2. The van der Waals surface area contributed by atoms with E-state index in [0.29, 0.717) is 11.7 Å². The Balaban J connectivity index is 1.72. The predicted octanol–water partition coefficient (Wildman–Crippen LogP) is 2.77. The van der Waals surface area contributed by atoms with Gasteiger partial charge in [-0.2, -0.15) is 4.98 Å². The number of aromatic nitrogens is 3. The minimum Gasteiger partial charge on any atom is -0.384 e. The van der Waals surface area contributed by atoms with Gasteiger partial charge in [-0.25, -0.2) is 0 Å². The SMILES string of the molecule is c1cncc(-c2noc(-c3ccc4c(c3)NCC4)n2)c1. The minimum absolute atomic E-state index is 0.528. The molecule has 3 aromatic rings. The number of fused-ring (bicyclic) bond motifs is 1.